The van der Waals surface area contributed by atoms with Gasteiger partial charge in [0.25, 0.3) is 0 Å². The van der Waals surface area contributed by atoms with Crippen molar-refractivity contribution in [1.82, 2.24) is 0 Å². The van der Waals surface area contributed by atoms with E-state index in [2.05, 4.69) is 11.4 Å². The summed E-state index contributed by atoms with van der Waals surface area (Å²) in [5, 5.41) is 20.5. The number of carboxylic acids is 1. The number of carbonyl (C=O) groups is 1. The summed E-state index contributed by atoms with van der Waals surface area (Å²) in [6, 6.07) is 9.25. The van der Waals surface area contributed by atoms with Crippen molar-refractivity contribution in [3.63, 3.8) is 0 Å². The zero-order valence-corrected chi connectivity index (χ0v) is 9.10. The Bertz CT molecular complexity index is 410. The number of hydrogen-bond acceptors (Lipinski definition) is 3. The summed E-state index contributed by atoms with van der Waals surface area (Å²) in [6.45, 7) is 2.40. The number of aliphatic carboxylic acids is 1. The number of hydrogen-bond donors (Lipinski definition) is 2. The minimum Gasteiger partial charge on any atom is -0.481 e. The van der Waals surface area contributed by atoms with Crippen LogP contribution in [0.15, 0.2) is 24.3 Å². The number of carboxylic acid groups (broad SMARTS) is 1. The molecule has 0 amide bonds. The van der Waals surface area contributed by atoms with Crippen molar-refractivity contribution in [3.05, 3.63) is 29.8 Å². The summed E-state index contributed by atoms with van der Waals surface area (Å²) in [7, 11) is 0. The minimum atomic E-state index is -0.803. The van der Waals surface area contributed by atoms with Gasteiger partial charge in [0.15, 0.2) is 0 Å². The molecule has 0 saturated heterocycles. The standard InChI is InChI=1S/C12H14N2O2/c1-9(6-12(15)16)8-14-11-5-3-2-4-10(11)7-13/h2-5,9,14H,6,8H2,1H3,(H,15,16). The average Bonchev–Trinajstić information content (AvgIpc) is 2.26. The van der Waals surface area contributed by atoms with E-state index in [0.717, 1.165) is 5.69 Å². The summed E-state index contributed by atoms with van der Waals surface area (Å²) in [5.74, 6) is -0.771. The lowest BCUT2D eigenvalue weighted by Gasteiger charge is -2.12. The van der Waals surface area contributed by atoms with E-state index in [9.17, 15) is 4.79 Å². The Morgan fingerprint density at radius 3 is 2.88 bits per heavy atom. The van der Waals surface area contributed by atoms with Gasteiger partial charge < -0.3 is 10.4 Å². The van der Waals surface area contributed by atoms with E-state index in [-0.39, 0.29) is 12.3 Å². The van der Waals surface area contributed by atoms with E-state index in [1.165, 1.54) is 0 Å². The molecule has 1 rings (SSSR count). The molecule has 4 heteroatoms. The lowest BCUT2D eigenvalue weighted by Crippen LogP contribution is -2.15. The Hall–Kier alpha value is -2.02. The highest BCUT2D eigenvalue weighted by molar-refractivity contribution is 5.67. The van der Waals surface area contributed by atoms with Crippen molar-refractivity contribution in [3.8, 4) is 6.07 Å². The zero-order valence-electron chi connectivity index (χ0n) is 9.10. The van der Waals surface area contributed by atoms with E-state index in [4.69, 9.17) is 10.4 Å². The van der Waals surface area contributed by atoms with Crippen LogP contribution in [-0.2, 0) is 4.79 Å². The largest absolute Gasteiger partial charge is 0.481 e. The number of nitriles is 1. The Morgan fingerprint density at radius 2 is 2.25 bits per heavy atom. The van der Waals surface area contributed by atoms with Gasteiger partial charge in [-0.2, -0.15) is 5.26 Å². The van der Waals surface area contributed by atoms with Gasteiger partial charge in [-0.15, -0.1) is 0 Å². The van der Waals surface area contributed by atoms with Crippen LogP contribution in [0.5, 0.6) is 0 Å². The van der Waals surface area contributed by atoms with Gasteiger partial charge in [0, 0.05) is 13.0 Å². The molecule has 1 aromatic carbocycles. The highest BCUT2D eigenvalue weighted by atomic mass is 16.4. The topological polar surface area (TPSA) is 73.1 Å². The molecule has 1 aromatic rings. The first-order valence-electron chi connectivity index (χ1n) is 5.08. The summed E-state index contributed by atoms with van der Waals surface area (Å²) in [6.07, 6.45) is 0.127. The Labute approximate surface area is 94.5 Å². The molecular weight excluding hydrogens is 204 g/mol. The van der Waals surface area contributed by atoms with Crippen molar-refractivity contribution in [2.75, 3.05) is 11.9 Å². The second-order valence-corrected chi connectivity index (χ2v) is 3.74. The van der Waals surface area contributed by atoms with Crippen LogP contribution >= 0.6 is 0 Å². The zero-order chi connectivity index (χ0) is 12.0. The fourth-order valence-corrected chi connectivity index (χ4v) is 1.39. The lowest BCUT2D eigenvalue weighted by molar-refractivity contribution is -0.137. The van der Waals surface area contributed by atoms with Gasteiger partial charge in [-0.3, -0.25) is 4.79 Å². The summed E-state index contributed by atoms with van der Waals surface area (Å²) >= 11 is 0. The van der Waals surface area contributed by atoms with E-state index in [1.807, 2.05) is 19.1 Å². The van der Waals surface area contributed by atoms with Crippen molar-refractivity contribution in [2.45, 2.75) is 13.3 Å². The summed E-state index contributed by atoms with van der Waals surface area (Å²) < 4.78 is 0. The number of nitrogens with zero attached hydrogens (tertiary/aromatic N) is 1. The van der Waals surface area contributed by atoms with Gasteiger partial charge in [-0.25, -0.2) is 0 Å². The van der Waals surface area contributed by atoms with Crippen molar-refractivity contribution >= 4 is 11.7 Å². The molecule has 0 aliphatic rings. The quantitative estimate of drug-likeness (QED) is 0.793. The fourth-order valence-electron chi connectivity index (χ4n) is 1.39. The van der Waals surface area contributed by atoms with Crippen LogP contribution in [0, 0.1) is 17.2 Å². The van der Waals surface area contributed by atoms with Gasteiger partial charge in [0.2, 0.25) is 0 Å². The smallest absolute Gasteiger partial charge is 0.303 e. The van der Waals surface area contributed by atoms with Crippen LogP contribution < -0.4 is 5.32 Å². The average molecular weight is 218 g/mol. The Kier molecular flexibility index (Phi) is 4.34. The van der Waals surface area contributed by atoms with Crippen LogP contribution in [0.2, 0.25) is 0 Å². The maximum absolute atomic E-state index is 10.5. The predicted octanol–water partition coefficient (Wildman–Crippen LogP) is 2.08. The SMILES string of the molecule is CC(CNc1ccccc1C#N)CC(=O)O. The maximum Gasteiger partial charge on any atom is 0.303 e. The Morgan fingerprint density at radius 1 is 1.56 bits per heavy atom. The molecule has 4 nitrogen and oxygen atoms in total. The number of anilines is 1. The number of benzene rings is 1. The third-order valence-electron chi connectivity index (χ3n) is 2.21. The molecule has 0 saturated carbocycles. The van der Waals surface area contributed by atoms with Crippen molar-refractivity contribution in [2.24, 2.45) is 5.92 Å². The van der Waals surface area contributed by atoms with E-state index < -0.39 is 5.97 Å². The molecule has 0 radical (unpaired) electrons. The third-order valence-corrected chi connectivity index (χ3v) is 2.21. The number of nitrogens with one attached hydrogen (secondary N) is 1. The van der Waals surface area contributed by atoms with Crippen LogP contribution in [0.25, 0.3) is 0 Å². The molecule has 1 atom stereocenters. The minimum absolute atomic E-state index is 0.0317. The number of rotatable bonds is 5. The molecule has 0 fully saturated rings. The van der Waals surface area contributed by atoms with Crippen LogP contribution in [0.4, 0.5) is 5.69 Å². The molecule has 0 bridgehead atoms. The van der Waals surface area contributed by atoms with E-state index >= 15 is 0 Å². The summed E-state index contributed by atoms with van der Waals surface area (Å²) in [4.78, 5) is 10.5. The fraction of sp³-hybridized carbons (Fsp3) is 0.333. The third kappa shape index (κ3) is 3.62. The molecule has 2 N–H and O–H groups in total. The van der Waals surface area contributed by atoms with Gasteiger partial charge in [0.1, 0.15) is 6.07 Å². The normalized spacial score (nSPS) is 11.5. The molecule has 84 valence electrons. The van der Waals surface area contributed by atoms with Gasteiger partial charge in [-0.1, -0.05) is 19.1 Å². The van der Waals surface area contributed by atoms with Gasteiger partial charge in [-0.05, 0) is 18.1 Å². The second kappa shape index (κ2) is 5.76. The van der Waals surface area contributed by atoms with E-state index in [1.54, 1.807) is 12.1 Å². The van der Waals surface area contributed by atoms with Gasteiger partial charge >= 0.3 is 5.97 Å². The molecule has 0 aliphatic carbocycles. The first-order valence-corrected chi connectivity index (χ1v) is 5.08. The molecular formula is C12H14N2O2. The number of para-hydroxylation sites is 1. The molecule has 1 unspecified atom stereocenters. The second-order valence-electron chi connectivity index (χ2n) is 3.74. The first-order chi connectivity index (χ1) is 7.63. The Balaban J connectivity index is 2.55. The van der Waals surface area contributed by atoms with Crippen molar-refractivity contribution < 1.29 is 9.90 Å². The van der Waals surface area contributed by atoms with Crippen molar-refractivity contribution in [1.29, 1.82) is 5.26 Å². The van der Waals surface area contributed by atoms with Crippen LogP contribution in [0.3, 0.4) is 0 Å². The highest BCUT2D eigenvalue weighted by Gasteiger charge is 2.08. The molecule has 0 aliphatic heterocycles. The summed E-state index contributed by atoms with van der Waals surface area (Å²) in [5.41, 5.74) is 1.33. The maximum atomic E-state index is 10.5. The van der Waals surface area contributed by atoms with E-state index in [0.29, 0.717) is 12.1 Å². The molecule has 16 heavy (non-hydrogen) atoms. The van der Waals surface area contributed by atoms with Gasteiger partial charge in [0.05, 0.1) is 11.3 Å². The molecule has 0 heterocycles. The van der Waals surface area contributed by atoms with Crippen LogP contribution in [-0.4, -0.2) is 17.6 Å². The highest BCUT2D eigenvalue weighted by Crippen LogP contribution is 2.14. The first kappa shape index (κ1) is 12.1. The van der Waals surface area contributed by atoms with Crippen LogP contribution in [0.1, 0.15) is 18.9 Å². The monoisotopic (exact) mass is 218 g/mol. The molecule has 0 aromatic heterocycles. The lowest BCUT2D eigenvalue weighted by atomic mass is 10.1. The predicted molar refractivity (Wildman–Crippen MR) is 61.1 cm³/mol. The molecule has 0 spiro atoms.